The largest absolute Gasteiger partial charge is 0.339 e. The summed E-state index contributed by atoms with van der Waals surface area (Å²) in [6.07, 6.45) is 15.7. The van der Waals surface area contributed by atoms with Gasteiger partial charge in [0.05, 0.1) is 0 Å². The zero-order valence-electron chi connectivity index (χ0n) is 16.4. The summed E-state index contributed by atoms with van der Waals surface area (Å²) < 4.78 is 0. The fraction of sp³-hybridized carbons (Fsp3) is 0.192. The van der Waals surface area contributed by atoms with E-state index in [-0.39, 0.29) is 0 Å². The summed E-state index contributed by atoms with van der Waals surface area (Å²) in [7, 11) is 0. The monoisotopic (exact) mass is 366 g/mol. The number of benzene rings is 2. The first-order chi connectivity index (χ1) is 13.8. The van der Waals surface area contributed by atoms with Crippen molar-refractivity contribution in [3.05, 3.63) is 83.6 Å². The first-order valence-electron chi connectivity index (χ1n) is 10.1. The maximum atomic E-state index is 4.63. The number of nitrogens with one attached hydrogen (secondary N) is 1. The molecule has 140 valence electrons. The van der Waals surface area contributed by atoms with Crippen molar-refractivity contribution in [1.82, 2.24) is 9.97 Å². The quantitative estimate of drug-likeness (QED) is 0.266. The van der Waals surface area contributed by atoms with Crippen molar-refractivity contribution in [2.75, 3.05) is 0 Å². The summed E-state index contributed by atoms with van der Waals surface area (Å²) in [4.78, 5) is 8.06. The number of rotatable bonds is 7. The lowest BCUT2D eigenvalue weighted by Crippen LogP contribution is -1.79. The normalized spacial score (nSPS) is 12.0. The Morgan fingerprint density at radius 1 is 0.821 bits per heavy atom. The molecule has 2 heterocycles. The van der Waals surface area contributed by atoms with Gasteiger partial charge in [-0.3, -0.25) is 0 Å². The number of aromatic nitrogens is 2. The summed E-state index contributed by atoms with van der Waals surface area (Å²) in [5.74, 6) is 0. The van der Waals surface area contributed by atoms with E-state index < -0.39 is 0 Å². The number of pyridine rings is 1. The Balaban J connectivity index is 1.62. The molecule has 28 heavy (non-hydrogen) atoms. The van der Waals surface area contributed by atoms with Crippen LogP contribution in [-0.4, -0.2) is 9.97 Å². The fourth-order valence-electron chi connectivity index (χ4n) is 3.49. The average molecular weight is 367 g/mol. The van der Waals surface area contributed by atoms with Crippen LogP contribution in [0.15, 0.2) is 66.9 Å². The summed E-state index contributed by atoms with van der Waals surface area (Å²) in [5.41, 5.74) is 5.64. The van der Waals surface area contributed by atoms with Crippen molar-refractivity contribution in [1.29, 1.82) is 0 Å². The van der Waals surface area contributed by atoms with Crippen LogP contribution < -0.4 is 0 Å². The minimum atomic E-state index is 0.947. The number of nitrogens with zero attached hydrogens (tertiary/aromatic N) is 1. The molecule has 0 unspecified atom stereocenters. The topological polar surface area (TPSA) is 28.7 Å². The fourth-order valence-corrected chi connectivity index (χ4v) is 3.49. The summed E-state index contributed by atoms with van der Waals surface area (Å²) in [5, 5.41) is 2.40. The smallest absolute Gasteiger partial charge is 0.138 e. The van der Waals surface area contributed by atoms with Crippen molar-refractivity contribution in [3.8, 4) is 0 Å². The highest BCUT2D eigenvalue weighted by Crippen LogP contribution is 2.27. The molecular formula is C26H26N2. The summed E-state index contributed by atoms with van der Waals surface area (Å²) in [6.45, 7) is 2.24. The number of hydrogen-bond donors (Lipinski definition) is 1. The second-order valence-electron chi connectivity index (χ2n) is 7.24. The third-order valence-corrected chi connectivity index (χ3v) is 5.05. The van der Waals surface area contributed by atoms with Gasteiger partial charge < -0.3 is 4.98 Å². The molecule has 4 aromatic rings. The van der Waals surface area contributed by atoms with Gasteiger partial charge in [-0.1, -0.05) is 80.5 Å². The number of allylic oxidation sites excluding steroid dienone is 1. The van der Waals surface area contributed by atoms with Gasteiger partial charge in [0.25, 0.3) is 0 Å². The van der Waals surface area contributed by atoms with Gasteiger partial charge in [-0.15, -0.1) is 0 Å². The molecular weight excluding hydrogens is 340 g/mol. The number of aromatic amines is 1. The molecule has 2 aromatic heterocycles. The molecule has 0 bridgehead atoms. The van der Waals surface area contributed by atoms with E-state index in [9.17, 15) is 0 Å². The predicted molar refractivity (Wildman–Crippen MR) is 122 cm³/mol. The van der Waals surface area contributed by atoms with Gasteiger partial charge in [-0.05, 0) is 47.7 Å². The van der Waals surface area contributed by atoms with Crippen molar-refractivity contribution < 1.29 is 0 Å². The van der Waals surface area contributed by atoms with E-state index in [4.69, 9.17) is 0 Å². The average Bonchev–Trinajstić information content (AvgIpc) is 3.10. The molecule has 0 aliphatic heterocycles. The Kier molecular flexibility index (Phi) is 5.67. The van der Waals surface area contributed by atoms with Gasteiger partial charge in [0.2, 0.25) is 0 Å². The molecule has 0 atom stereocenters. The zero-order chi connectivity index (χ0) is 19.2. The lowest BCUT2D eigenvalue weighted by molar-refractivity contribution is 0.730. The lowest BCUT2D eigenvalue weighted by atomic mass is 10.1. The second kappa shape index (κ2) is 8.71. The molecule has 0 saturated carbocycles. The standard InChI is InChI=1S/C26H26N2/c1-2-3-4-5-7-12-22-18-24-23-17-21(14-13-20-10-8-6-9-11-20)15-16-25(23)28-26(24)27-19-22/h6-19H,2-5H2,1H3,(H,27,28). The minimum absolute atomic E-state index is 0.947. The molecule has 0 amide bonds. The lowest BCUT2D eigenvalue weighted by Gasteiger charge is -1.98. The molecule has 0 aliphatic rings. The number of unbranched alkanes of at least 4 members (excludes halogenated alkanes) is 3. The highest BCUT2D eigenvalue weighted by molar-refractivity contribution is 6.07. The minimum Gasteiger partial charge on any atom is -0.339 e. The Hall–Kier alpha value is -3.13. The van der Waals surface area contributed by atoms with Crippen molar-refractivity contribution in [3.63, 3.8) is 0 Å². The van der Waals surface area contributed by atoms with E-state index in [1.807, 2.05) is 12.3 Å². The van der Waals surface area contributed by atoms with Crippen LogP contribution in [0.25, 0.3) is 40.2 Å². The van der Waals surface area contributed by atoms with Gasteiger partial charge in [-0.25, -0.2) is 4.98 Å². The van der Waals surface area contributed by atoms with Crippen LogP contribution in [0.1, 0.15) is 49.3 Å². The molecule has 2 aromatic carbocycles. The molecule has 1 N–H and O–H groups in total. The number of hydrogen-bond acceptors (Lipinski definition) is 1. The van der Waals surface area contributed by atoms with Crippen LogP contribution in [0.5, 0.6) is 0 Å². The van der Waals surface area contributed by atoms with Crippen LogP contribution in [0, 0.1) is 0 Å². The molecule has 2 nitrogen and oxygen atoms in total. The van der Waals surface area contributed by atoms with Crippen LogP contribution in [0.4, 0.5) is 0 Å². The number of fused-ring (bicyclic) bond motifs is 3. The maximum Gasteiger partial charge on any atom is 0.138 e. The van der Waals surface area contributed by atoms with Crippen molar-refractivity contribution >= 4 is 40.2 Å². The van der Waals surface area contributed by atoms with E-state index >= 15 is 0 Å². The van der Waals surface area contributed by atoms with Crippen LogP contribution in [0.2, 0.25) is 0 Å². The molecule has 4 rings (SSSR count). The molecule has 0 radical (unpaired) electrons. The Bertz CT molecular complexity index is 1120. The van der Waals surface area contributed by atoms with Gasteiger partial charge in [-0.2, -0.15) is 0 Å². The Labute approximate surface area is 166 Å². The highest BCUT2D eigenvalue weighted by Gasteiger charge is 2.06. The van der Waals surface area contributed by atoms with E-state index in [2.05, 4.69) is 89.7 Å². The SMILES string of the molecule is CCCCCC=Cc1cnc2[nH]c3ccc(C=Cc4ccccc4)cc3c2c1. The van der Waals surface area contributed by atoms with Crippen LogP contribution >= 0.6 is 0 Å². The van der Waals surface area contributed by atoms with Crippen LogP contribution in [0.3, 0.4) is 0 Å². The van der Waals surface area contributed by atoms with Gasteiger partial charge in [0, 0.05) is 22.5 Å². The van der Waals surface area contributed by atoms with Gasteiger partial charge >= 0.3 is 0 Å². The van der Waals surface area contributed by atoms with Gasteiger partial charge in [0.1, 0.15) is 5.65 Å². The summed E-state index contributed by atoms with van der Waals surface area (Å²) >= 11 is 0. The maximum absolute atomic E-state index is 4.63. The van der Waals surface area contributed by atoms with Crippen molar-refractivity contribution in [2.24, 2.45) is 0 Å². The van der Waals surface area contributed by atoms with E-state index in [0.29, 0.717) is 0 Å². The van der Waals surface area contributed by atoms with Crippen molar-refractivity contribution in [2.45, 2.75) is 32.6 Å². The molecule has 0 fully saturated rings. The third-order valence-electron chi connectivity index (χ3n) is 5.05. The summed E-state index contributed by atoms with van der Waals surface area (Å²) in [6, 6.07) is 19.2. The molecule has 0 aliphatic carbocycles. The highest BCUT2D eigenvalue weighted by atomic mass is 14.8. The predicted octanol–water partition coefficient (Wildman–Crippen LogP) is 7.48. The molecule has 2 heteroatoms. The Morgan fingerprint density at radius 2 is 1.64 bits per heavy atom. The van der Waals surface area contributed by atoms with Crippen LogP contribution in [-0.2, 0) is 0 Å². The zero-order valence-corrected chi connectivity index (χ0v) is 16.4. The number of H-pyrrole nitrogens is 1. The van der Waals surface area contributed by atoms with Gasteiger partial charge in [0.15, 0.2) is 0 Å². The first-order valence-corrected chi connectivity index (χ1v) is 10.1. The Morgan fingerprint density at radius 3 is 2.50 bits per heavy atom. The third kappa shape index (κ3) is 4.23. The van der Waals surface area contributed by atoms with E-state index in [1.165, 1.54) is 41.2 Å². The van der Waals surface area contributed by atoms with E-state index in [0.717, 1.165) is 23.1 Å². The first kappa shape index (κ1) is 18.2. The van der Waals surface area contributed by atoms with E-state index in [1.54, 1.807) is 0 Å². The molecule has 0 saturated heterocycles. The second-order valence-corrected chi connectivity index (χ2v) is 7.24. The molecule has 0 spiro atoms.